The number of fused-ring (bicyclic) bond motifs is 1. The molecule has 31 heavy (non-hydrogen) atoms. The Bertz CT molecular complexity index is 995. The van der Waals surface area contributed by atoms with Crippen LogP contribution in [-0.4, -0.2) is 70.2 Å². The normalized spacial score (nSPS) is 15.0. The first-order valence-electron chi connectivity index (χ1n) is 10.4. The van der Waals surface area contributed by atoms with Crippen molar-refractivity contribution in [2.24, 2.45) is 4.99 Å². The lowest BCUT2D eigenvalue weighted by Gasteiger charge is -2.33. The minimum absolute atomic E-state index is 0. The second-order valence-corrected chi connectivity index (χ2v) is 7.41. The molecule has 0 aliphatic carbocycles. The van der Waals surface area contributed by atoms with Crippen LogP contribution in [0.5, 0.6) is 0 Å². The van der Waals surface area contributed by atoms with Crippen molar-refractivity contribution < 1.29 is 0 Å². The Morgan fingerprint density at radius 1 is 1.10 bits per heavy atom. The Labute approximate surface area is 200 Å². The van der Waals surface area contributed by atoms with Gasteiger partial charge in [0.25, 0.3) is 0 Å². The highest BCUT2D eigenvalue weighted by molar-refractivity contribution is 14.0. The molecular formula is C21H30IN9. The molecule has 0 saturated carbocycles. The van der Waals surface area contributed by atoms with E-state index in [4.69, 9.17) is 4.99 Å². The van der Waals surface area contributed by atoms with E-state index in [1.54, 1.807) is 0 Å². The molecule has 0 radical (unpaired) electrons. The van der Waals surface area contributed by atoms with Crippen molar-refractivity contribution in [2.45, 2.75) is 20.0 Å². The molecule has 0 atom stereocenters. The van der Waals surface area contributed by atoms with Crippen molar-refractivity contribution in [3.05, 3.63) is 54.1 Å². The highest BCUT2D eigenvalue weighted by Crippen LogP contribution is 2.15. The number of nitrogens with zero attached hydrogens (tertiary/aromatic N) is 7. The van der Waals surface area contributed by atoms with E-state index < -0.39 is 0 Å². The Balaban J connectivity index is 0.00000272. The molecule has 0 unspecified atom stereocenters. The number of hydrogen-bond donors (Lipinski definition) is 2. The number of piperazine rings is 1. The van der Waals surface area contributed by atoms with Gasteiger partial charge in [-0.05, 0) is 43.8 Å². The second kappa shape index (κ2) is 11.2. The molecule has 0 amide bonds. The summed E-state index contributed by atoms with van der Waals surface area (Å²) in [6, 6.07) is 10.0. The van der Waals surface area contributed by atoms with Gasteiger partial charge in [-0.3, -0.25) is 4.40 Å². The van der Waals surface area contributed by atoms with Crippen molar-refractivity contribution in [1.29, 1.82) is 0 Å². The minimum Gasteiger partial charge on any atom is -0.357 e. The van der Waals surface area contributed by atoms with Crippen LogP contribution in [0.3, 0.4) is 0 Å². The van der Waals surface area contributed by atoms with Gasteiger partial charge in [0.15, 0.2) is 17.4 Å². The average molecular weight is 535 g/mol. The van der Waals surface area contributed by atoms with Crippen molar-refractivity contribution >= 4 is 41.4 Å². The van der Waals surface area contributed by atoms with Crippen LogP contribution in [0, 0.1) is 0 Å². The molecule has 2 N–H and O–H groups in total. The molecule has 1 aliphatic rings. The number of aromatic nitrogens is 4. The van der Waals surface area contributed by atoms with Gasteiger partial charge in [0.1, 0.15) is 5.82 Å². The van der Waals surface area contributed by atoms with Crippen LogP contribution < -0.4 is 15.5 Å². The van der Waals surface area contributed by atoms with Crippen LogP contribution in [0.4, 0.5) is 5.82 Å². The molecule has 0 aromatic carbocycles. The summed E-state index contributed by atoms with van der Waals surface area (Å²) in [7, 11) is 2.16. The zero-order valence-electron chi connectivity index (χ0n) is 18.0. The molecule has 4 heterocycles. The van der Waals surface area contributed by atoms with E-state index in [0.29, 0.717) is 13.1 Å². The first-order chi connectivity index (χ1) is 14.7. The van der Waals surface area contributed by atoms with Gasteiger partial charge in [-0.15, -0.1) is 34.2 Å². The summed E-state index contributed by atoms with van der Waals surface area (Å²) in [6.45, 7) is 8.11. The highest BCUT2D eigenvalue weighted by Gasteiger charge is 2.15. The number of likely N-dealkylation sites (N-methyl/N-ethyl adjacent to an activating group) is 1. The second-order valence-electron chi connectivity index (χ2n) is 7.41. The lowest BCUT2D eigenvalue weighted by molar-refractivity contribution is 0.312. The molecule has 166 valence electrons. The summed E-state index contributed by atoms with van der Waals surface area (Å²) in [4.78, 5) is 14.0. The molecule has 0 bridgehead atoms. The van der Waals surface area contributed by atoms with Crippen molar-refractivity contribution in [3.8, 4) is 0 Å². The summed E-state index contributed by atoms with van der Waals surface area (Å²) in [6.07, 6.45) is 3.84. The molecule has 1 aliphatic heterocycles. The van der Waals surface area contributed by atoms with Gasteiger partial charge in [0, 0.05) is 45.1 Å². The van der Waals surface area contributed by atoms with Gasteiger partial charge >= 0.3 is 0 Å². The Kier molecular flexibility index (Phi) is 8.41. The Morgan fingerprint density at radius 3 is 2.74 bits per heavy atom. The number of guanidine groups is 1. The van der Waals surface area contributed by atoms with E-state index in [1.165, 1.54) is 0 Å². The standard InChI is InChI=1S/C21H29N9.HI/c1-3-22-21(25-16-20-27-26-18-6-4-5-9-30(18)20)24-15-17-7-8-23-19(14-17)29-12-10-28(2)11-13-29;/h4-9,14H,3,10-13,15-16H2,1-2H3,(H2,22,24,25);1H. The predicted octanol–water partition coefficient (Wildman–Crippen LogP) is 1.75. The maximum Gasteiger partial charge on any atom is 0.191 e. The molecule has 0 spiro atoms. The lowest BCUT2D eigenvalue weighted by atomic mass is 10.2. The molecule has 4 rings (SSSR count). The van der Waals surface area contributed by atoms with E-state index in [-0.39, 0.29) is 24.0 Å². The third kappa shape index (κ3) is 6.03. The fraction of sp³-hybridized carbons (Fsp3) is 0.429. The quantitative estimate of drug-likeness (QED) is 0.283. The molecule has 3 aromatic rings. The van der Waals surface area contributed by atoms with Crippen molar-refractivity contribution in [1.82, 2.24) is 35.1 Å². The van der Waals surface area contributed by atoms with E-state index in [1.807, 2.05) is 41.1 Å². The molecule has 3 aromatic heterocycles. The summed E-state index contributed by atoms with van der Waals surface area (Å²) in [5, 5.41) is 15.1. The fourth-order valence-electron chi connectivity index (χ4n) is 3.45. The number of aliphatic imine (C=N–C) groups is 1. The van der Waals surface area contributed by atoms with Crippen LogP contribution in [0.1, 0.15) is 18.3 Å². The monoisotopic (exact) mass is 535 g/mol. The Morgan fingerprint density at radius 2 is 1.94 bits per heavy atom. The van der Waals surface area contributed by atoms with Gasteiger partial charge in [-0.2, -0.15) is 0 Å². The minimum atomic E-state index is 0. The molecule has 1 fully saturated rings. The van der Waals surface area contributed by atoms with Gasteiger partial charge in [0.05, 0.1) is 13.1 Å². The lowest BCUT2D eigenvalue weighted by Crippen LogP contribution is -2.44. The van der Waals surface area contributed by atoms with Crippen LogP contribution in [-0.2, 0) is 13.1 Å². The smallest absolute Gasteiger partial charge is 0.191 e. The molecular weight excluding hydrogens is 505 g/mol. The zero-order chi connectivity index (χ0) is 20.8. The number of pyridine rings is 2. The zero-order valence-corrected chi connectivity index (χ0v) is 20.4. The molecule has 1 saturated heterocycles. The largest absolute Gasteiger partial charge is 0.357 e. The van der Waals surface area contributed by atoms with Gasteiger partial charge in [0.2, 0.25) is 0 Å². The van der Waals surface area contributed by atoms with Crippen molar-refractivity contribution in [3.63, 3.8) is 0 Å². The van der Waals surface area contributed by atoms with Gasteiger partial charge in [-0.1, -0.05) is 6.07 Å². The summed E-state index contributed by atoms with van der Waals surface area (Å²) in [5.41, 5.74) is 1.98. The number of anilines is 1. The summed E-state index contributed by atoms with van der Waals surface area (Å²) in [5.74, 6) is 2.63. The van der Waals surface area contributed by atoms with Crippen LogP contribution in [0.15, 0.2) is 47.7 Å². The van der Waals surface area contributed by atoms with Crippen LogP contribution in [0.2, 0.25) is 0 Å². The summed E-state index contributed by atoms with van der Waals surface area (Å²) < 4.78 is 1.97. The van der Waals surface area contributed by atoms with E-state index in [0.717, 1.165) is 61.5 Å². The predicted molar refractivity (Wildman–Crippen MR) is 134 cm³/mol. The third-order valence-electron chi connectivity index (χ3n) is 5.20. The number of halogens is 1. The molecule has 9 nitrogen and oxygen atoms in total. The highest BCUT2D eigenvalue weighted by atomic mass is 127. The first-order valence-corrected chi connectivity index (χ1v) is 10.4. The average Bonchev–Trinajstić information content (AvgIpc) is 3.19. The third-order valence-corrected chi connectivity index (χ3v) is 5.20. The maximum absolute atomic E-state index is 4.74. The van der Waals surface area contributed by atoms with E-state index >= 15 is 0 Å². The van der Waals surface area contributed by atoms with Crippen molar-refractivity contribution in [2.75, 3.05) is 44.7 Å². The maximum atomic E-state index is 4.74. The summed E-state index contributed by atoms with van der Waals surface area (Å²) >= 11 is 0. The van der Waals surface area contributed by atoms with E-state index in [2.05, 4.69) is 55.7 Å². The Hall–Kier alpha value is -2.47. The SMILES string of the molecule is CCNC(=NCc1ccnc(N2CCN(C)CC2)c1)NCc1nnc2ccccn12.I. The van der Waals surface area contributed by atoms with Gasteiger partial charge in [-0.25, -0.2) is 9.98 Å². The first kappa shape index (κ1) is 23.2. The van der Waals surface area contributed by atoms with Crippen LogP contribution >= 0.6 is 24.0 Å². The number of hydrogen-bond acceptors (Lipinski definition) is 6. The van der Waals surface area contributed by atoms with Gasteiger partial charge < -0.3 is 20.4 Å². The fourth-order valence-corrected chi connectivity index (χ4v) is 3.45. The number of nitrogens with one attached hydrogen (secondary N) is 2. The topological polar surface area (TPSA) is 86.0 Å². The van der Waals surface area contributed by atoms with E-state index in [9.17, 15) is 0 Å². The van der Waals surface area contributed by atoms with Crippen LogP contribution in [0.25, 0.3) is 5.65 Å². The molecule has 10 heteroatoms. The number of rotatable bonds is 6.